The number of amides is 1. The Balaban J connectivity index is 2.08. The number of carbonyl (C=O) groups excluding carboxylic acids is 1. The SMILES string of the molecule is CCC(=O)N1CCc2cc(S(=O)(=O)NCCCN(C)C)ccc21. The smallest absolute Gasteiger partial charge is 0.240 e. The average Bonchev–Trinajstić information content (AvgIpc) is 2.93. The zero-order valence-corrected chi connectivity index (χ0v) is 14.8. The maximum atomic E-state index is 12.3. The van der Waals surface area contributed by atoms with E-state index in [9.17, 15) is 13.2 Å². The second kappa shape index (κ2) is 7.42. The van der Waals surface area contributed by atoms with Crippen molar-refractivity contribution in [3.63, 3.8) is 0 Å². The molecule has 128 valence electrons. The molecule has 0 aromatic heterocycles. The molecule has 0 unspecified atom stereocenters. The van der Waals surface area contributed by atoms with E-state index < -0.39 is 10.0 Å². The third kappa shape index (κ3) is 4.31. The quantitative estimate of drug-likeness (QED) is 0.758. The van der Waals surface area contributed by atoms with Crippen LogP contribution >= 0.6 is 0 Å². The van der Waals surface area contributed by atoms with Crippen molar-refractivity contribution in [2.75, 3.05) is 38.6 Å². The van der Waals surface area contributed by atoms with Crippen LogP contribution in [0.25, 0.3) is 0 Å². The summed E-state index contributed by atoms with van der Waals surface area (Å²) < 4.78 is 27.3. The number of rotatable bonds is 7. The highest BCUT2D eigenvalue weighted by atomic mass is 32.2. The normalized spacial score (nSPS) is 14.3. The maximum Gasteiger partial charge on any atom is 0.240 e. The summed E-state index contributed by atoms with van der Waals surface area (Å²) in [6, 6.07) is 5.01. The number of fused-ring (bicyclic) bond motifs is 1. The molecule has 0 radical (unpaired) electrons. The van der Waals surface area contributed by atoms with Gasteiger partial charge < -0.3 is 9.80 Å². The monoisotopic (exact) mass is 339 g/mol. The van der Waals surface area contributed by atoms with Crippen LogP contribution < -0.4 is 9.62 Å². The van der Waals surface area contributed by atoms with Crippen molar-refractivity contribution in [3.05, 3.63) is 23.8 Å². The Morgan fingerprint density at radius 2 is 2.09 bits per heavy atom. The predicted molar refractivity (Wildman–Crippen MR) is 91.1 cm³/mol. The lowest BCUT2D eigenvalue weighted by molar-refractivity contribution is -0.118. The molecule has 0 fully saturated rings. The number of anilines is 1. The molecule has 1 N–H and O–H groups in total. The highest BCUT2D eigenvalue weighted by Gasteiger charge is 2.25. The highest BCUT2D eigenvalue weighted by Crippen LogP contribution is 2.30. The molecule has 1 aliphatic heterocycles. The Morgan fingerprint density at radius 1 is 1.35 bits per heavy atom. The fourth-order valence-electron chi connectivity index (χ4n) is 2.68. The average molecular weight is 339 g/mol. The highest BCUT2D eigenvalue weighted by molar-refractivity contribution is 7.89. The summed E-state index contributed by atoms with van der Waals surface area (Å²) in [4.78, 5) is 15.9. The molecule has 23 heavy (non-hydrogen) atoms. The first kappa shape index (κ1) is 17.9. The summed E-state index contributed by atoms with van der Waals surface area (Å²) in [7, 11) is 0.418. The van der Waals surface area contributed by atoms with Gasteiger partial charge in [-0.2, -0.15) is 0 Å². The van der Waals surface area contributed by atoms with Gasteiger partial charge in [-0.3, -0.25) is 4.79 Å². The molecular formula is C16H25N3O3S. The fraction of sp³-hybridized carbons (Fsp3) is 0.562. The van der Waals surface area contributed by atoms with Crippen molar-refractivity contribution in [1.29, 1.82) is 0 Å². The van der Waals surface area contributed by atoms with E-state index in [2.05, 4.69) is 4.72 Å². The minimum atomic E-state index is -3.50. The molecule has 7 heteroatoms. The van der Waals surface area contributed by atoms with Crippen LogP contribution in [0.4, 0.5) is 5.69 Å². The summed E-state index contributed by atoms with van der Waals surface area (Å²) in [5.74, 6) is 0.0705. The molecular weight excluding hydrogens is 314 g/mol. The number of benzene rings is 1. The van der Waals surface area contributed by atoms with E-state index in [1.807, 2.05) is 25.9 Å². The van der Waals surface area contributed by atoms with E-state index in [0.717, 1.165) is 24.2 Å². The summed E-state index contributed by atoms with van der Waals surface area (Å²) in [6.45, 7) is 3.71. The van der Waals surface area contributed by atoms with Gasteiger partial charge in [0.15, 0.2) is 0 Å². The first-order chi connectivity index (χ1) is 10.8. The third-order valence-corrected chi connectivity index (χ3v) is 5.39. The second-order valence-corrected chi connectivity index (χ2v) is 7.76. The number of nitrogens with one attached hydrogen (secondary N) is 1. The van der Waals surface area contributed by atoms with Gasteiger partial charge in [-0.15, -0.1) is 0 Å². The van der Waals surface area contributed by atoms with Gasteiger partial charge in [0, 0.05) is 25.2 Å². The van der Waals surface area contributed by atoms with Crippen molar-refractivity contribution in [2.24, 2.45) is 0 Å². The van der Waals surface area contributed by atoms with Gasteiger partial charge in [0.25, 0.3) is 0 Å². The van der Waals surface area contributed by atoms with Crippen molar-refractivity contribution >= 4 is 21.6 Å². The Labute approximate surface area is 138 Å². The molecule has 1 aromatic carbocycles. The van der Waals surface area contributed by atoms with Gasteiger partial charge in [-0.1, -0.05) is 6.92 Å². The fourth-order valence-corrected chi connectivity index (χ4v) is 3.80. The lowest BCUT2D eigenvalue weighted by atomic mass is 10.2. The number of hydrogen-bond acceptors (Lipinski definition) is 4. The molecule has 0 atom stereocenters. The Hall–Kier alpha value is -1.44. The van der Waals surface area contributed by atoms with Crippen molar-refractivity contribution in [1.82, 2.24) is 9.62 Å². The van der Waals surface area contributed by atoms with Crippen LogP contribution in [0.15, 0.2) is 23.1 Å². The van der Waals surface area contributed by atoms with E-state index in [4.69, 9.17) is 0 Å². The van der Waals surface area contributed by atoms with Gasteiger partial charge in [0.05, 0.1) is 4.90 Å². The molecule has 0 bridgehead atoms. The lowest BCUT2D eigenvalue weighted by Gasteiger charge is -2.16. The van der Waals surface area contributed by atoms with E-state index in [0.29, 0.717) is 25.9 Å². The first-order valence-corrected chi connectivity index (χ1v) is 9.41. The zero-order valence-electron chi connectivity index (χ0n) is 14.0. The van der Waals surface area contributed by atoms with Crippen molar-refractivity contribution in [3.8, 4) is 0 Å². The zero-order chi connectivity index (χ0) is 17.0. The molecule has 1 aliphatic rings. The maximum absolute atomic E-state index is 12.3. The number of carbonyl (C=O) groups is 1. The van der Waals surface area contributed by atoms with E-state index >= 15 is 0 Å². The molecule has 6 nitrogen and oxygen atoms in total. The number of nitrogens with zero attached hydrogens (tertiary/aromatic N) is 2. The van der Waals surface area contributed by atoms with Gasteiger partial charge in [-0.25, -0.2) is 13.1 Å². The molecule has 0 aliphatic carbocycles. The number of sulfonamides is 1. The Bertz CT molecular complexity index is 671. The predicted octanol–water partition coefficient (Wildman–Crippen LogP) is 1.22. The molecule has 1 heterocycles. The van der Waals surface area contributed by atoms with E-state index in [1.54, 1.807) is 23.1 Å². The van der Waals surface area contributed by atoms with Gasteiger partial charge in [-0.05, 0) is 57.2 Å². The summed E-state index contributed by atoms with van der Waals surface area (Å²) >= 11 is 0. The van der Waals surface area contributed by atoms with Crippen molar-refractivity contribution < 1.29 is 13.2 Å². The van der Waals surface area contributed by atoms with Gasteiger partial charge in [0.1, 0.15) is 0 Å². The summed E-state index contributed by atoms with van der Waals surface area (Å²) in [5, 5.41) is 0. The van der Waals surface area contributed by atoms with Crippen LogP contribution in [0.5, 0.6) is 0 Å². The van der Waals surface area contributed by atoms with Crippen LogP contribution in [-0.2, 0) is 21.2 Å². The second-order valence-electron chi connectivity index (χ2n) is 5.99. The first-order valence-electron chi connectivity index (χ1n) is 7.93. The molecule has 2 rings (SSSR count). The Kier molecular flexibility index (Phi) is 5.78. The van der Waals surface area contributed by atoms with E-state index in [1.165, 1.54) is 0 Å². The summed E-state index contributed by atoms with van der Waals surface area (Å²) in [6.07, 6.45) is 1.91. The summed E-state index contributed by atoms with van der Waals surface area (Å²) in [5.41, 5.74) is 1.76. The van der Waals surface area contributed by atoms with Crippen LogP contribution in [-0.4, -0.2) is 53.0 Å². The third-order valence-electron chi connectivity index (χ3n) is 3.93. The molecule has 0 saturated carbocycles. The van der Waals surface area contributed by atoms with Crippen LogP contribution in [0, 0.1) is 0 Å². The van der Waals surface area contributed by atoms with Gasteiger partial charge in [0.2, 0.25) is 15.9 Å². The lowest BCUT2D eigenvalue weighted by Crippen LogP contribution is -2.28. The molecule has 0 saturated heterocycles. The van der Waals surface area contributed by atoms with Gasteiger partial charge >= 0.3 is 0 Å². The minimum absolute atomic E-state index is 0.0705. The largest absolute Gasteiger partial charge is 0.312 e. The molecule has 0 spiro atoms. The minimum Gasteiger partial charge on any atom is -0.312 e. The number of hydrogen-bond donors (Lipinski definition) is 1. The van der Waals surface area contributed by atoms with Crippen LogP contribution in [0.2, 0.25) is 0 Å². The standard InChI is InChI=1S/C16H25N3O3S/c1-4-16(20)19-11-8-13-12-14(6-7-15(13)19)23(21,22)17-9-5-10-18(2)3/h6-7,12,17H,4-5,8-11H2,1-3H3. The van der Waals surface area contributed by atoms with E-state index in [-0.39, 0.29) is 10.8 Å². The molecule has 1 amide bonds. The molecule has 1 aromatic rings. The Morgan fingerprint density at radius 3 is 2.74 bits per heavy atom. The topological polar surface area (TPSA) is 69.7 Å². The van der Waals surface area contributed by atoms with Crippen LogP contribution in [0.3, 0.4) is 0 Å². The van der Waals surface area contributed by atoms with Crippen LogP contribution in [0.1, 0.15) is 25.3 Å². The van der Waals surface area contributed by atoms with Crippen molar-refractivity contribution in [2.45, 2.75) is 31.1 Å².